The summed E-state index contributed by atoms with van der Waals surface area (Å²) in [6.45, 7) is 0. The van der Waals surface area contributed by atoms with E-state index in [1.54, 1.807) is 12.1 Å². The summed E-state index contributed by atoms with van der Waals surface area (Å²) in [6.07, 6.45) is 2.97. The summed E-state index contributed by atoms with van der Waals surface area (Å²) < 4.78 is 23.9. The van der Waals surface area contributed by atoms with Crippen molar-refractivity contribution in [1.82, 2.24) is 4.98 Å². The Morgan fingerprint density at radius 1 is 0.938 bits per heavy atom. The molecule has 0 N–H and O–H groups in total. The summed E-state index contributed by atoms with van der Waals surface area (Å²) in [5, 5.41) is 0. The highest BCUT2D eigenvalue weighted by atomic mass is 32.2. The van der Waals surface area contributed by atoms with E-state index in [1.807, 2.05) is 18.2 Å². The smallest absolute Gasteiger partial charge is 0.182 e. The first kappa shape index (κ1) is 10.8. The van der Waals surface area contributed by atoms with Crippen molar-refractivity contribution >= 4 is 9.84 Å². The fourth-order valence-electron chi connectivity index (χ4n) is 1.42. The van der Waals surface area contributed by atoms with E-state index < -0.39 is 9.84 Å². The average molecular weight is 233 g/mol. The largest absolute Gasteiger partial charge is 0.265 e. The topological polar surface area (TPSA) is 47.0 Å². The minimum absolute atomic E-state index is 0.0256. The number of pyridine rings is 1. The lowest BCUT2D eigenvalue weighted by atomic mass is 10.2. The van der Waals surface area contributed by atoms with Crippen LogP contribution in [0.15, 0.2) is 59.8 Å². The molecule has 16 heavy (non-hydrogen) atoms. The van der Waals surface area contributed by atoms with Crippen LogP contribution in [0.1, 0.15) is 5.56 Å². The average Bonchev–Trinajstić information content (AvgIpc) is 2.31. The van der Waals surface area contributed by atoms with Crippen LogP contribution < -0.4 is 0 Å². The highest BCUT2D eigenvalue weighted by Gasteiger charge is 2.14. The predicted octanol–water partition coefficient (Wildman–Crippen LogP) is 2.06. The van der Waals surface area contributed by atoms with Crippen LogP contribution in [0.4, 0.5) is 0 Å². The number of benzene rings is 1. The van der Waals surface area contributed by atoms with E-state index in [2.05, 4.69) is 4.98 Å². The van der Waals surface area contributed by atoms with Gasteiger partial charge in [0, 0.05) is 12.4 Å². The van der Waals surface area contributed by atoms with Gasteiger partial charge in [-0.05, 0) is 17.7 Å². The quantitative estimate of drug-likeness (QED) is 0.815. The van der Waals surface area contributed by atoms with Crippen molar-refractivity contribution in [2.45, 2.75) is 10.6 Å². The molecule has 0 amide bonds. The van der Waals surface area contributed by atoms with Gasteiger partial charge in [0.05, 0.1) is 10.6 Å². The lowest BCUT2D eigenvalue weighted by Gasteiger charge is -2.03. The van der Waals surface area contributed by atoms with Crippen LogP contribution >= 0.6 is 0 Å². The zero-order chi connectivity index (χ0) is 11.4. The molecule has 1 aromatic carbocycles. The normalized spacial score (nSPS) is 11.2. The molecule has 0 saturated carbocycles. The molecular weight excluding hydrogens is 222 g/mol. The van der Waals surface area contributed by atoms with Crippen LogP contribution in [0.25, 0.3) is 0 Å². The summed E-state index contributed by atoms with van der Waals surface area (Å²) in [4.78, 5) is 4.11. The minimum atomic E-state index is -3.25. The van der Waals surface area contributed by atoms with Crippen LogP contribution in [0.2, 0.25) is 0 Å². The molecule has 0 bridgehead atoms. The maximum absolute atomic E-state index is 12.0. The first-order valence-electron chi connectivity index (χ1n) is 4.85. The van der Waals surface area contributed by atoms with Crippen molar-refractivity contribution in [1.29, 1.82) is 0 Å². The molecule has 3 nitrogen and oxygen atoms in total. The Labute approximate surface area is 94.7 Å². The van der Waals surface area contributed by atoms with Gasteiger partial charge < -0.3 is 0 Å². The van der Waals surface area contributed by atoms with Gasteiger partial charge in [-0.2, -0.15) is 0 Å². The van der Waals surface area contributed by atoms with Crippen LogP contribution in [0, 0.1) is 0 Å². The number of sulfone groups is 1. The second kappa shape index (κ2) is 4.45. The van der Waals surface area contributed by atoms with Gasteiger partial charge in [-0.25, -0.2) is 8.42 Å². The fourth-order valence-corrected chi connectivity index (χ4v) is 2.76. The van der Waals surface area contributed by atoms with Crippen molar-refractivity contribution in [3.8, 4) is 0 Å². The summed E-state index contributed by atoms with van der Waals surface area (Å²) in [7, 11) is -3.25. The van der Waals surface area contributed by atoms with Gasteiger partial charge in [0.2, 0.25) is 0 Å². The number of nitrogens with zero attached hydrogens (tertiary/aromatic N) is 1. The van der Waals surface area contributed by atoms with Crippen molar-refractivity contribution in [2.75, 3.05) is 0 Å². The summed E-state index contributed by atoms with van der Waals surface area (Å²) >= 11 is 0. The first-order valence-corrected chi connectivity index (χ1v) is 6.50. The van der Waals surface area contributed by atoms with Crippen LogP contribution in [-0.2, 0) is 15.6 Å². The zero-order valence-corrected chi connectivity index (χ0v) is 9.39. The Morgan fingerprint density at radius 2 is 1.56 bits per heavy atom. The van der Waals surface area contributed by atoms with Gasteiger partial charge in [0.25, 0.3) is 0 Å². The predicted molar refractivity (Wildman–Crippen MR) is 61.6 cm³/mol. The number of hydrogen-bond donors (Lipinski definition) is 0. The van der Waals surface area contributed by atoms with E-state index in [0.717, 1.165) is 5.56 Å². The molecule has 0 radical (unpaired) electrons. The van der Waals surface area contributed by atoms with Crippen molar-refractivity contribution < 1.29 is 8.42 Å². The lowest BCUT2D eigenvalue weighted by Crippen LogP contribution is -2.04. The Balaban J connectivity index is 2.29. The number of aromatic nitrogens is 1. The third-order valence-electron chi connectivity index (χ3n) is 2.21. The maximum Gasteiger partial charge on any atom is 0.182 e. The van der Waals surface area contributed by atoms with Gasteiger partial charge in [0.1, 0.15) is 0 Å². The van der Waals surface area contributed by atoms with Gasteiger partial charge in [-0.3, -0.25) is 4.98 Å². The molecule has 0 saturated heterocycles. The molecule has 1 aromatic heterocycles. The second-order valence-corrected chi connectivity index (χ2v) is 5.42. The summed E-state index contributed by atoms with van der Waals surface area (Å²) in [5.74, 6) is 0.0256. The highest BCUT2D eigenvalue weighted by molar-refractivity contribution is 7.90. The van der Waals surface area contributed by atoms with Gasteiger partial charge in [0.15, 0.2) is 9.84 Å². The maximum atomic E-state index is 12.0. The molecule has 1 heterocycles. The second-order valence-electron chi connectivity index (χ2n) is 3.43. The highest BCUT2D eigenvalue weighted by Crippen LogP contribution is 2.14. The molecule has 0 aliphatic carbocycles. The molecule has 4 heteroatoms. The molecule has 2 aromatic rings. The van der Waals surface area contributed by atoms with E-state index in [9.17, 15) is 8.42 Å². The van der Waals surface area contributed by atoms with E-state index in [-0.39, 0.29) is 5.75 Å². The van der Waals surface area contributed by atoms with Crippen LogP contribution in [-0.4, -0.2) is 13.4 Å². The van der Waals surface area contributed by atoms with Gasteiger partial charge in [-0.1, -0.05) is 30.3 Å². The van der Waals surface area contributed by atoms with Crippen molar-refractivity contribution in [2.24, 2.45) is 0 Å². The molecule has 0 unspecified atom stereocenters. The Morgan fingerprint density at radius 3 is 2.19 bits per heavy atom. The van der Waals surface area contributed by atoms with E-state index in [1.165, 1.54) is 24.5 Å². The van der Waals surface area contributed by atoms with Gasteiger partial charge in [-0.15, -0.1) is 0 Å². The first-order chi connectivity index (χ1) is 7.68. The Hall–Kier alpha value is -1.68. The van der Waals surface area contributed by atoms with Crippen molar-refractivity contribution in [3.05, 3.63) is 60.4 Å². The number of rotatable bonds is 3. The lowest BCUT2D eigenvalue weighted by molar-refractivity contribution is 0.595. The van der Waals surface area contributed by atoms with Crippen LogP contribution in [0.3, 0.4) is 0 Å². The molecule has 0 aliphatic heterocycles. The molecular formula is C12H11NO2S. The molecule has 0 fully saturated rings. The van der Waals surface area contributed by atoms with Crippen molar-refractivity contribution in [3.63, 3.8) is 0 Å². The third-order valence-corrected chi connectivity index (χ3v) is 3.91. The Bertz CT molecular complexity index is 550. The van der Waals surface area contributed by atoms with E-state index in [0.29, 0.717) is 4.90 Å². The summed E-state index contributed by atoms with van der Waals surface area (Å²) in [6, 6.07) is 12.2. The van der Waals surface area contributed by atoms with E-state index in [4.69, 9.17) is 0 Å². The SMILES string of the molecule is O=S(=O)(Cc1ccccc1)c1ccncc1. The molecule has 2 rings (SSSR count). The monoisotopic (exact) mass is 233 g/mol. The minimum Gasteiger partial charge on any atom is -0.265 e. The fraction of sp³-hybridized carbons (Fsp3) is 0.0833. The summed E-state index contributed by atoms with van der Waals surface area (Å²) in [5.41, 5.74) is 0.791. The molecule has 82 valence electrons. The Kier molecular flexibility index (Phi) is 3.01. The standard InChI is InChI=1S/C12H11NO2S/c14-16(15,12-6-8-13-9-7-12)10-11-4-2-1-3-5-11/h1-9H,10H2. The molecule has 0 spiro atoms. The zero-order valence-electron chi connectivity index (χ0n) is 8.58. The van der Waals surface area contributed by atoms with Crippen LogP contribution in [0.5, 0.6) is 0 Å². The third kappa shape index (κ3) is 2.46. The molecule has 0 atom stereocenters. The van der Waals surface area contributed by atoms with E-state index >= 15 is 0 Å². The number of hydrogen-bond acceptors (Lipinski definition) is 3. The van der Waals surface area contributed by atoms with Gasteiger partial charge >= 0.3 is 0 Å². The molecule has 0 aliphatic rings.